The Morgan fingerprint density at radius 1 is 1.05 bits per heavy atom. The number of fused-ring (bicyclic) bond motifs is 1. The van der Waals surface area contributed by atoms with Crippen LogP contribution >= 0.6 is 0 Å². The second-order valence-electron chi connectivity index (χ2n) is 5.03. The topological polar surface area (TPSA) is 32.3 Å². The lowest BCUT2D eigenvalue weighted by Gasteiger charge is -2.18. The first-order chi connectivity index (χ1) is 9.83. The van der Waals surface area contributed by atoms with Gasteiger partial charge in [0.05, 0.1) is 0 Å². The lowest BCUT2D eigenvalue weighted by molar-refractivity contribution is -0.116. The average Bonchev–Trinajstić information content (AvgIpc) is 2.89. The maximum atomic E-state index is 11.9. The quantitative estimate of drug-likeness (QED) is 0.922. The minimum absolute atomic E-state index is 0.0700. The number of carbonyl (C=O) groups excluding carboxylic acids is 1. The van der Waals surface area contributed by atoms with Crippen molar-refractivity contribution < 1.29 is 4.79 Å². The Labute approximate surface area is 119 Å². The van der Waals surface area contributed by atoms with Gasteiger partial charge in [0.1, 0.15) is 0 Å². The number of anilines is 2. The number of carbonyl (C=O) groups is 1. The lowest BCUT2D eigenvalue weighted by Crippen LogP contribution is -2.26. The number of rotatable bonds is 4. The summed E-state index contributed by atoms with van der Waals surface area (Å²) in [4.78, 5) is 14.2. The van der Waals surface area contributed by atoms with Crippen molar-refractivity contribution in [2.24, 2.45) is 0 Å². The molecule has 20 heavy (non-hydrogen) atoms. The first kappa shape index (κ1) is 12.7. The molecular weight excluding hydrogens is 248 g/mol. The third kappa shape index (κ3) is 2.82. The molecule has 3 nitrogen and oxygen atoms in total. The third-order valence-electron chi connectivity index (χ3n) is 3.65. The Hall–Kier alpha value is -2.29. The molecule has 1 aliphatic rings. The van der Waals surface area contributed by atoms with Crippen LogP contribution in [0.2, 0.25) is 0 Å². The van der Waals surface area contributed by atoms with E-state index >= 15 is 0 Å². The zero-order valence-electron chi connectivity index (χ0n) is 11.4. The molecule has 0 fully saturated rings. The van der Waals surface area contributed by atoms with Gasteiger partial charge in [-0.15, -0.1) is 0 Å². The molecule has 0 aromatic heterocycles. The highest BCUT2D eigenvalue weighted by atomic mass is 16.1. The molecule has 1 N–H and O–H groups in total. The van der Waals surface area contributed by atoms with E-state index < -0.39 is 0 Å². The van der Waals surface area contributed by atoms with Crippen molar-refractivity contribution in [2.45, 2.75) is 12.8 Å². The van der Waals surface area contributed by atoms with Crippen molar-refractivity contribution in [3.63, 3.8) is 0 Å². The number of nitrogens with zero attached hydrogens (tertiary/aromatic N) is 1. The van der Waals surface area contributed by atoms with Crippen LogP contribution in [0.5, 0.6) is 0 Å². The van der Waals surface area contributed by atoms with Crippen molar-refractivity contribution in [3.05, 3.63) is 60.2 Å². The molecule has 3 heteroatoms. The molecule has 0 bridgehead atoms. The maximum Gasteiger partial charge on any atom is 0.226 e. The zero-order valence-corrected chi connectivity index (χ0v) is 11.4. The smallest absolute Gasteiger partial charge is 0.226 e. The third-order valence-corrected chi connectivity index (χ3v) is 3.65. The second kappa shape index (κ2) is 5.78. The lowest BCUT2D eigenvalue weighted by atomic mass is 10.2. The van der Waals surface area contributed by atoms with Crippen LogP contribution in [0.1, 0.15) is 12.0 Å². The van der Waals surface area contributed by atoms with Crippen LogP contribution in [0.25, 0.3) is 0 Å². The minimum Gasteiger partial charge on any atom is -0.370 e. The Balaban J connectivity index is 1.54. The van der Waals surface area contributed by atoms with Crippen LogP contribution in [0.3, 0.4) is 0 Å². The van der Waals surface area contributed by atoms with Crippen molar-refractivity contribution in [1.29, 1.82) is 0 Å². The first-order valence-electron chi connectivity index (χ1n) is 7.01. The molecule has 0 aliphatic carbocycles. The fourth-order valence-electron chi connectivity index (χ4n) is 2.62. The molecule has 102 valence electrons. The molecule has 1 heterocycles. The van der Waals surface area contributed by atoms with Gasteiger partial charge >= 0.3 is 0 Å². The number of amides is 1. The van der Waals surface area contributed by atoms with Gasteiger partial charge in [-0.05, 0) is 30.2 Å². The predicted molar refractivity (Wildman–Crippen MR) is 82.0 cm³/mol. The van der Waals surface area contributed by atoms with E-state index in [4.69, 9.17) is 0 Å². The van der Waals surface area contributed by atoms with E-state index in [0.29, 0.717) is 6.42 Å². The van der Waals surface area contributed by atoms with Crippen molar-refractivity contribution in [3.8, 4) is 0 Å². The summed E-state index contributed by atoms with van der Waals surface area (Å²) in [5.74, 6) is 0.0700. The summed E-state index contributed by atoms with van der Waals surface area (Å²) in [5.41, 5.74) is 3.52. The number of benzene rings is 2. The van der Waals surface area contributed by atoms with Crippen molar-refractivity contribution >= 4 is 17.3 Å². The van der Waals surface area contributed by atoms with Gasteiger partial charge in [0.25, 0.3) is 0 Å². The molecule has 0 saturated carbocycles. The highest BCUT2D eigenvalue weighted by Gasteiger charge is 2.18. The number of nitrogens with one attached hydrogen (secondary N) is 1. The van der Waals surface area contributed by atoms with Crippen LogP contribution in [0.4, 0.5) is 11.4 Å². The standard InChI is InChI=1S/C17H18N2O/c20-17(18-15-7-2-1-3-8-15)11-13-19-12-10-14-6-4-5-9-16(14)19/h1-9H,10-13H2,(H,18,20). The number of hydrogen-bond acceptors (Lipinski definition) is 2. The van der Waals surface area contributed by atoms with Crippen molar-refractivity contribution in [2.75, 3.05) is 23.3 Å². The number of hydrogen-bond donors (Lipinski definition) is 1. The summed E-state index contributed by atoms with van der Waals surface area (Å²) in [7, 11) is 0. The monoisotopic (exact) mass is 266 g/mol. The fourth-order valence-corrected chi connectivity index (χ4v) is 2.62. The van der Waals surface area contributed by atoms with Gasteiger partial charge in [0, 0.05) is 30.9 Å². The molecule has 0 radical (unpaired) electrons. The Bertz CT molecular complexity index is 595. The molecule has 0 unspecified atom stereocenters. The van der Waals surface area contributed by atoms with E-state index in [1.54, 1.807) is 0 Å². The summed E-state index contributed by atoms with van der Waals surface area (Å²) < 4.78 is 0. The van der Waals surface area contributed by atoms with E-state index in [9.17, 15) is 4.79 Å². The SMILES string of the molecule is O=C(CCN1CCc2ccccc21)Nc1ccccc1. The molecule has 0 atom stereocenters. The molecule has 3 rings (SSSR count). The summed E-state index contributed by atoms with van der Waals surface area (Å²) in [6.45, 7) is 1.79. The van der Waals surface area contributed by atoms with Crippen LogP contribution in [-0.2, 0) is 11.2 Å². The van der Waals surface area contributed by atoms with Gasteiger partial charge < -0.3 is 10.2 Å². The Kier molecular flexibility index (Phi) is 3.68. The van der Waals surface area contributed by atoms with Crippen LogP contribution < -0.4 is 10.2 Å². The van der Waals surface area contributed by atoms with Gasteiger partial charge in [-0.2, -0.15) is 0 Å². The summed E-state index contributed by atoms with van der Waals surface area (Å²) in [5, 5.41) is 2.92. The average molecular weight is 266 g/mol. The van der Waals surface area contributed by atoms with E-state index in [2.05, 4.69) is 34.5 Å². The molecule has 1 aliphatic heterocycles. The maximum absolute atomic E-state index is 11.9. The van der Waals surface area contributed by atoms with Gasteiger partial charge in [0.15, 0.2) is 0 Å². The second-order valence-corrected chi connectivity index (χ2v) is 5.03. The largest absolute Gasteiger partial charge is 0.370 e. The van der Waals surface area contributed by atoms with E-state index in [0.717, 1.165) is 25.2 Å². The van der Waals surface area contributed by atoms with E-state index in [1.807, 2.05) is 30.3 Å². The predicted octanol–water partition coefficient (Wildman–Crippen LogP) is 3.08. The van der Waals surface area contributed by atoms with Crippen LogP contribution in [0, 0.1) is 0 Å². The van der Waals surface area contributed by atoms with Crippen LogP contribution in [-0.4, -0.2) is 19.0 Å². The van der Waals surface area contributed by atoms with Crippen molar-refractivity contribution in [1.82, 2.24) is 0 Å². The highest BCUT2D eigenvalue weighted by Crippen LogP contribution is 2.27. The highest BCUT2D eigenvalue weighted by molar-refractivity contribution is 5.91. The number of para-hydroxylation sites is 2. The summed E-state index contributed by atoms with van der Waals surface area (Å²) >= 11 is 0. The first-order valence-corrected chi connectivity index (χ1v) is 7.01. The Morgan fingerprint density at radius 3 is 2.65 bits per heavy atom. The molecule has 1 amide bonds. The van der Waals surface area contributed by atoms with Gasteiger partial charge in [0.2, 0.25) is 5.91 Å². The molecule has 2 aromatic carbocycles. The van der Waals surface area contributed by atoms with Crippen LogP contribution in [0.15, 0.2) is 54.6 Å². The zero-order chi connectivity index (χ0) is 13.8. The van der Waals surface area contributed by atoms with E-state index in [1.165, 1.54) is 11.3 Å². The summed E-state index contributed by atoms with van der Waals surface area (Å²) in [6, 6.07) is 18.0. The normalized spacial score (nSPS) is 13.1. The van der Waals surface area contributed by atoms with Gasteiger partial charge in [-0.1, -0.05) is 36.4 Å². The molecular formula is C17H18N2O. The molecule has 2 aromatic rings. The Morgan fingerprint density at radius 2 is 1.80 bits per heavy atom. The summed E-state index contributed by atoms with van der Waals surface area (Å²) in [6.07, 6.45) is 1.60. The van der Waals surface area contributed by atoms with E-state index in [-0.39, 0.29) is 5.91 Å². The minimum atomic E-state index is 0.0700. The van der Waals surface area contributed by atoms with Gasteiger partial charge in [-0.25, -0.2) is 0 Å². The van der Waals surface area contributed by atoms with Gasteiger partial charge in [-0.3, -0.25) is 4.79 Å². The molecule has 0 saturated heterocycles. The molecule has 0 spiro atoms. The fraction of sp³-hybridized carbons (Fsp3) is 0.235.